The molecule has 1 heterocycles. The highest BCUT2D eigenvalue weighted by Gasteiger charge is 2.05. The lowest BCUT2D eigenvalue weighted by molar-refractivity contribution is 0.445. The largest absolute Gasteiger partial charge is 0.493 e. The molecule has 1 aromatic carbocycles. The van der Waals surface area contributed by atoms with Crippen LogP contribution in [0.15, 0.2) is 42.6 Å². The lowest BCUT2D eigenvalue weighted by Gasteiger charge is -2.00. The molecule has 0 radical (unpaired) electrons. The molecule has 0 fully saturated rings. The molecule has 0 saturated heterocycles. The number of aromatic nitrogens is 2. The number of aromatic hydroxyl groups is 1. The predicted octanol–water partition coefficient (Wildman–Crippen LogP) is 3.20. The van der Waals surface area contributed by atoms with Gasteiger partial charge in [-0.25, -0.2) is 0 Å². The van der Waals surface area contributed by atoms with Crippen LogP contribution >= 0.6 is 12.2 Å². The Hall–Kier alpha value is -1.81. The van der Waals surface area contributed by atoms with Gasteiger partial charge in [-0.05, 0) is 31.3 Å². The number of hydrogen-bond acceptors (Lipinski definition) is 2. The average Bonchev–Trinajstić information content (AvgIpc) is 2.59. The van der Waals surface area contributed by atoms with E-state index in [4.69, 9.17) is 12.2 Å². The highest BCUT2D eigenvalue weighted by Crippen LogP contribution is 2.17. The fraction of sp³-hybridized carbons (Fsp3) is 0.0833. The summed E-state index contributed by atoms with van der Waals surface area (Å²) in [6.07, 6.45) is 5.17. The van der Waals surface area contributed by atoms with Crippen LogP contribution < -0.4 is 0 Å². The van der Waals surface area contributed by atoms with Crippen LogP contribution in [0.2, 0.25) is 0 Å². The van der Waals surface area contributed by atoms with E-state index in [-0.39, 0.29) is 5.88 Å². The van der Waals surface area contributed by atoms with Crippen molar-refractivity contribution in [3.8, 4) is 11.6 Å². The Morgan fingerprint density at radius 3 is 2.56 bits per heavy atom. The van der Waals surface area contributed by atoms with Gasteiger partial charge < -0.3 is 5.11 Å². The summed E-state index contributed by atoms with van der Waals surface area (Å²) >= 11 is 5.27. The third-order valence-electron chi connectivity index (χ3n) is 2.24. The molecule has 16 heavy (non-hydrogen) atoms. The quantitative estimate of drug-likeness (QED) is 0.806. The first-order valence-electron chi connectivity index (χ1n) is 4.95. The van der Waals surface area contributed by atoms with E-state index < -0.39 is 0 Å². The summed E-state index contributed by atoms with van der Waals surface area (Å²) in [5, 5.41) is 9.73. The maximum absolute atomic E-state index is 9.73. The van der Waals surface area contributed by atoms with Crippen molar-refractivity contribution in [2.75, 3.05) is 0 Å². The van der Waals surface area contributed by atoms with Crippen LogP contribution in [0.25, 0.3) is 11.9 Å². The number of allylic oxidation sites excluding steroid dienone is 1. The van der Waals surface area contributed by atoms with E-state index in [0.29, 0.717) is 4.77 Å². The first kappa shape index (κ1) is 10.7. The minimum absolute atomic E-state index is 0.131. The van der Waals surface area contributed by atoms with Crippen molar-refractivity contribution in [3.63, 3.8) is 0 Å². The van der Waals surface area contributed by atoms with Gasteiger partial charge in [0.05, 0.1) is 6.20 Å². The second-order valence-electron chi connectivity index (χ2n) is 3.33. The number of rotatable bonds is 2. The van der Waals surface area contributed by atoms with Crippen molar-refractivity contribution in [3.05, 3.63) is 47.4 Å². The lowest BCUT2D eigenvalue weighted by Crippen LogP contribution is -1.93. The van der Waals surface area contributed by atoms with E-state index in [1.807, 2.05) is 43.3 Å². The van der Waals surface area contributed by atoms with E-state index in [9.17, 15) is 5.11 Å². The van der Waals surface area contributed by atoms with E-state index in [1.165, 1.54) is 0 Å². The Bertz CT molecular complexity index is 566. The molecule has 0 bridgehead atoms. The fourth-order valence-electron chi connectivity index (χ4n) is 1.51. The summed E-state index contributed by atoms with van der Waals surface area (Å²) < 4.78 is 3.87. The first-order chi connectivity index (χ1) is 7.74. The second-order valence-corrected chi connectivity index (χ2v) is 3.69. The molecule has 1 aromatic heterocycles. The minimum atomic E-state index is 0.131. The smallest absolute Gasteiger partial charge is 0.214 e. The molecule has 0 amide bonds. The maximum Gasteiger partial charge on any atom is 0.214 e. The zero-order valence-electron chi connectivity index (χ0n) is 8.87. The van der Waals surface area contributed by atoms with Gasteiger partial charge in [0.25, 0.3) is 0 Å². The van der Waals surface area contributed by atoms with E-state index in [0.717, 1.165) is 5.69 Å². The highest BCUT2D eigenvalue weighted by atomic mass is 32.1. The molecule has 0 aliphatic carbocycles. The zero-order chi connectivity index (χ0) is 11.5. The Balaban J connectivity index is 2.61. The number of nitrogens with zero attached hydrogens (tertiary/aromatic N) is 2. The van der Waals surface area contributed by atoms with Crippen molar-refractivity contribution < 1.29 is 5.11 Å². The number of benzene rings is 1. The monoisotopic (exact) mass is 232 g/mol. The van der Waals surface area contributed by atoms with Gasteiger partial charge >= 0.3 is 0 Å². The summed E-state index contributed by atoms with van der Waals surface area (Å²) in [4.78, 5) is 0. The molecule has 4 heteroatoms. The van der Waals surface area contributed by atoms with Crippen molar-refractivity contribution in [1.29, 1.82) is 0 Å². The van der Waals surface area contributed by atoms with Gasteiger partial charge in [0.15, 0.2) is 4.77 Å². The van der Waals surface area contributed by atoms with Gasteiger partial charge in [-0.3, -0.25) is 9.13 Å². The van der Waals surface area contributed by atoms with Crippen LogP contribution in [0.4, 0.5) is 0 Å². The molecule has 0 aliphatic rings. The van der Waals surface area contributed by atoms with Crippen LogP contribution in [-0.4, -0.2) is 14.2 Å². The number of para-hydroxylation sites is 1. The van der Waals surface area contributed by atoms with Crippen LogP contribution in [0, 0.1) is 4.77 Å². The van der Waals surface area contributed by atoms with E-state index in [2.05, 4.69) is 0 Å². The van der Waals surface area contributed by atoms with Crippen molar-refractivity contribution in [2.45, 2.75) is 6.92 Å². The molecule has 0 atom stereocenters. The van der Waals surface area contributed by atoms with E-state index in [1.54, 1.807) is 21.5 Å². The van der Waals surface area contributed by atoms with Crippen LogP contribution in [0.1, 0.15) is 6.92 Å². The first-order valence-corrected chi connectivity index (χ1v) is 5.36. The van der Waals surface area contributed by atoms with E-state index >= 15 is 0 Å². The lowest BCUT2D eigenvalue weighted by atomic mass is 10.3. The molecular formula is C12H12N2OS. The second kappa shape index (κ2) is 4.37. The van der Waals surface area contributed by atoms with Gasteiger partial charge in [0.1, 0.15) is 0 Å². The van der Waals surface area contributed by atoms with Gasteiger partial charge in [-0.15, -0.1) is 0 Å². The molecule has 1 N–H and O–H groups in total. The SMILES string of the molecule is CC=Cn1c(O)cn(-c2ccccc2)c1=S. The molecule has 0 saturated carbocycles. The maximum atomic E-state index is 9.73. The summed E-state index contributed by atoms with van der Waals surface area (Å²) in [6, 6.07) is 9.68. The van der Waals surface area contributed by atoms with Crippen molar-refractivity contribution in [1.82, 2.24) is 9.13 Å². The molecule has 2 aromatic rings. The summed E-state index contributed by atoms with van der Waals surface area (Å²) in [5.41, 5.74) is 0.936. The van der Waals surface area contributed by atoms with Crippen molar-refractivity contribution in [2.24, 2.45) is 0 Å². The Kier molecular flexibility index (Phi) is 2.92. The minimum Gasteiger partial charge on any atom is -0.493 e. The molecule has 82 valence electrons. The standard InChI is InChI=1S/C12H12N2OS/c1-2-8-13-11(15)9-14(12(13)16)10-6-4-3-5-7-10/h2-9,15H,1H3. The molecule has 0 unspecified atom stereocenters. The van der Waals surface area contributed by atoms with Crippen LogP contribution in [-0.2, 0) is 0 Å². The number of hydrogen-bond donors (Lipinski definition) is 1. The van der Waals surface area contributed by atoms with Gasteiger partial charge in [-0.2, -0.15) is 0 Å². The molecule has 0 spiro atoms. The summed E-state index contributed by atoms with van der Waals surface area (Å²) in [6.45, 7) is 1.88. The normalized spacial score (nSPS) is 11.1. The third-order valence-corrected chi connectivity index (χ3v) is 2.63. The van der Waals surface area contributed by atoms with Crippen LogP contribution in [0.3, 0.4) is 0 Å². The average molecular weight is 232 g/mol. The zero-order valence-corrected chi connectivity index (χ0v) is 9.69. The Morgan fingerprint density at radius 2 is 1.94 bits per heavy atom. The topological polar surface area (TPSA) is 30.1 Å². The fourth-order valence-corrected chi connectivity index (χ4v) is 1.82. The third kappa shape index (κ3) is 1.79. The Morgan fingerprint density at radius 1 is 1.25 bits per heavy atom. The van der Waals surface area contributed by atoms with Gasteiger partial charge in [0, 0.05) is 11.9 Å². The summed E-state index contributed by atoms with van der Waals surface area (Å²) in [5.74, 6) is 0.131. The molecule has 2 rings (SSSR count). The molecular weight excluding hydrogens is 220 g/mol. The predicted molar refractivity (Wildman–Crippen MR) is 67.3 cm³/mol. The van der Waals surface area contributed by atoms with Crippen molar-refractivity contribution >= 4 is 18.4 Å². The van der Waals surface area contributed by atoms with Gasteiger partial charge in [-0.1, -0.05) is 24.3 Å². The molecule has 0 aliphatic heterocycles. The highest BCUT2D eigenvalue weighted by molar-refractivity contribution is 7.71. The Labute approximate surface area is 98.9 Å². The molecule has 3 nitrogen and oxygen atoms in total. The summed E-state index contributed by atoms with van der Waals surface area (Å²) in [7, 11) is 0. The number of imidazole rings is 1. The van der Waals surface area contributed by atoms with Crippen LogP contribution in [0.5, 0.6) is 5.88 Å². The van der Waals surface area contributed by atoms with Gasteiger partial charge in [0.2, 0.25) is 5.88 Å².